The maximum Gasteiger partial charge on any atom is 0.407 e. The molecule has 1 aliphatic heterocycles. The van der Waals surface area contributed by atoms with E-state index in [0.717, 1.165) is 30.2 Å². The number of alkyl carbamates (subject to hydrolysis) is 1. The van der Waals surface area contributed by atoms with Crippen LogP contribution in [0.2, 0.25) is 0 Å². The number of carbonyl (C=O) groups excluding carboxylic acids is 2. The first-order valence-corrected chi connectivity index (χ1v) is 14.5. The van der Waals surface area contributed by atoms with Gasteiger partial charge in [0.1, 0.15) is 17.2 Å². The summed E-state index contributed by atoms with van der Waals surface area (Å²) in [6, 6.07) is 9.81. The van der Waals surface area contributed by atoms with E-state index in [1.807, 2.05) is 0 Å². The molecule has 3 aromatic rings. The maximum absolute atomic E-state index is 13.9. The van der Waals surface area contributed by atoms with Gasteiger partial charge in [0.05, 0.1) is 44.1 Å². The van der Waals surface area contributed by atoms with Crippen LogP contribution in [0, 0.1) is 11.6 Å². The third kappa shape index (κ3) is 8.73. The molecule has 0 bridgehead atoms. The highest BCUT2D eigenvalue weighted by Crippen LogP contribution is 2.28. The molecule has 0 spiro atoms. The fourth-order valence-electron chi connectivity index (χ4n) is 5.11. The predicted octanol–water partition coefficient (Wildman–Crippen LogP) is 5.59. The summed E-state index contributed by atoms with van der Waals surface area (Å²) >= 11 is 0. The number of ether oxygens (including phenoxy) is 4. The molecule has 0 radical (unpaired) electrons. The van der Waals surface area contributed by atoms with Crippen LogP contribution in [0.1, 0.15) is 55.1 Å². The third-order valence-electron chi connectivity index (χ3n) is 7.21. The SMILES string of the molecule is COC(=O)c1ccc(CC(NC(=O)OC(C)(C)C)[C@H]2CC[C@H](NC/C=C/c3cc(F)ccc3F)CO2)c2nc(OC)ccc12. The number of aromatic nitrogens is 1. The van der Waals surface area contributed by atoms with Crippen molar-refractivity contribution in [2.24, 2.45) is 0 Å². The molecule has 1 aromatic heterocycles. The number of nitrogens with zero attached hydrogens (tertiary/aromatic N) is 1. The van der Waals surface area contributed by atoms with Crippen LogP contribution in [-0.4, -0.2) is 68.2 Å². The Hall–Kier alpha value is -4.09. The second kappa shape index (κ2) is 14.6. The zero-order valence-electron chi connectivity index (χ0n) is 25.6. The van der Waals surface area contributed by atoms with Gasteiger partial charge >= 0.3 is 12.1 Å². The normalized spacial score (nSPS) is 17.8. The minimum Gasteiger partial charge on any atom is -0.481 e. The first kappa shape index (κ1) is 32.8. The fraction of sp³-hybridized carbons (Fsp3) is 0.424. The Bertz CT molecular complexity index is 1500. The standard InChI is InChI=1S/C33H39F2N3O6/c1-33(2,3)44-32(40)37-27(18-21-8-11-25(31(39)42-5)24-12-15-29(41-4)38-30(21)24)28-14-10-23(19-43-28)36-16-6-7-20-17-22(34)9-13-26(20)35/h6-9,11-13,15,17,23,27-28,36H,10,14,16,18-19H2,1-5H3,(H,37,40)/b7-6+/t23-,27?,28+/m0/s1. The maximum atomic E-state index is 13.9. The molecule has 1 fully saturated rings. The van der Waals surface area contributed by atoms with Crippen LogP contribution in [0.15, 0.2) is 48.5 Å². The lowest BCUT2D eigenvalue weighted by atomic mass is 9.92. The van der Waals surface area contributed by atoms with E-state index in [2.05, 4.69) is 15.6 Å². The molecule has 11 heteroatoms. The number of rotatable bonds is 10. The highest BCUT2D eigenvalue weighted by molar-refractivity contribution is 6.04. The van der Waals surface area contributed by atoms with Crippen LogP contribution in [0.5, 0.6) is 5.88 Å². The topological polar surface area (TPSA) is 108 Å². The Kier molecular flexibility index (Phi) is 10.9. The van der Waals surface area contributed by atoms with Crippen LogP contribution in [0.3, 0.4) is 0 Å². The zero-order chi connectivity index (χ0) is 31.9. The lowest BCUT2D eigenvalue weighted by Gasteiger charge is -2.35. The van der Waals surface area contributed by atoms with Crippen molar-refractivity contribution in [3.63, 3.8) is 0 Å². The van der Waals surface area contributed by atoms with Gasteiger partial charge in [0.2, 0.25) is 5.88 Å². The summed E-state index contributed by atoms with van der Waals surface area (Å²) < 4.78 is 49.4. The Labute approximate surface area is 255 Å². The zero-order valence-corrected chi connectivity index (χ0v) is 25.6. The number of hydrogen-bond acceptors (Lipinski definition) is 8. The molecule has 1 amide bonds. The van der Waals surface area contributed by atoms with Crippen molar-refractivity contribution < 1.29 is 37.3 Å². The lowest BCUT2D eigenvalue weighted by molar-refractivity contribution is -0.0258. The molecule has 2 heterocycles. The van der Waals surface area contributed by atoms with Crippen molar-refractivity contribution in [1.82, 2.24) is 15.6 Å². The van der Waals surface area contributed by atoms with Gasteiger partial charge in [-0.1, -0.05) is 18.2 Å². The number of halogens is 2. The number of carbonyl (C=O) groups is 2. The average Bonchev–Trinajstić information content (AvgIpc) is 2.99. The molecule has 9 nitrogen and oxygen atoms in total. The number of hydrogen-bond donors (Lipinski definition) is 2. The molecular weight excluding hydrogens is 572 g/mol. The molecule has 2 N–H and O–H groups in total. The quantitative estimate of drug-likeness (QED) is 0.286. The minimum atomic E-state index is -0.692. The summed E-state index contributed by atoms with van der Waals surface area (Å²) in [7, 11) is 2.84. The van der Waals surface area contributed by atoms with E-state index in [9.17, 15) is 18.4 Å². The molecule has 1 aliphatic rings. The highest BCUT2D eigenvalue weighted by Gasteiger charge is 2.32. The number of amides is 1. The first-order valence-electron chi connectivity index (χ1n) is 14.5. The molecule has 1 saturated heterocycles. The number of esters is 1. The smallest absolute Gasteiger partial charge is 0.407 e. The van der Waals surface area contributed by atoms with E-state index in [0.29, 0.717) is 48.3 Å². The van der Waals surface area contributed by atoms with Crippen molar-refractivity contribution in [2.75, 3.05) is 27.4 Å². The highest BCUT2D eigenvalue weighted by atomic mass is 19.1. The van der Waals surface area contributed by atoms with E-state index in [4.69, 9.17) is 18.9 Å². The van der Waals surface area contributed by atoms with Crippen LogP contribution < -0.4 is 15.4 Å². The van der Waals surface area contributed by atoms with Gasteiger partial charge in [0.15, 0.2) is 0 Å². The summed E-state index contributed by atoms with van der Waals surface area (Å²) in [6.45, 7) is 6.21. The number of fused-ring (bicyclic) bond motifs is 1. The average molecular weight is 612 g/mol. The molecule has 0 saturated carbocycles. The molecule has 236 valence electrons. The van der Waals surface area contributed by atoms with Gasteiger partial charge in [-0.05, 0) is 75.9 Å². The molecule has 1 unspecified atom stereocenters. The number of benzene rings is 2. The van der Waals surface area contributed by atoms with Gasteiger partial charge in [-0.3, -0.25) is 0 Å². The van der Waals surface area contributed by atoms with Gasteiger partial charge in [-0.2, -0.15) is 0 Å². The van der Waals surface area contributed by atoms with Crippen LogP contribution in [0.4, 0.5) is 13.6 Å². The summed E-state index contributed by atoms with van der Waals surface area (Å²) in [5, 5.41) is 6.96. The van der Waals surface area contributed by atoms with Crippen molar-refractivity contribution >= 4 is 29.0 Å². The second-order valence-corrected chi connectivity index (χ2v) is 11.6. The fourth-order valence-corrected chi connectivity index (χ4v) is 5.11. The van der Waals surface area contributed by atoms with E-state index in [1.54, 1.807) is 51.1 Å². The second-order valence-electron chi connectivity index (χ2n) is 11.6. The summed E-state index contributed by atoms with van der Waals surface area (Å²) in [5.74, 6) is -1.09. The first-order chi connectivity index (χ1) is 21.0. The number of nitrogens with one attached hydrogen (secondary N) is 2. The molecular formula is C33H39F2N3O6. The Morgan fingerprint density at radius 3 is 2.59 bits per heavy atom. The van der Waals surface area contributed by atoms with E-state index in [1.165, 1.54) is 20.3 Å². The summed E-state index contributed by atoms with van der Waals surface area (Å²) in [5.41, 5.74) is 1.20. The monoisotopic (exact) mass is 611 g/mol. The number of methoxy groups -OCH3 is 2. The van der Waals surface area contributed by atoms with E-state index < -0.39 is 35.3 Å². The molecule has 44 heavy (non-hydrogen) atoms. The summed E-state index contributed by atoms with van der Waals surface area (Å²) in [6.07, 6.45) is 4.12. The van der Waals surface area contributed by atoms with Gasteiger partial charge in [0.25, 0.3) is 0 Å². The van der Waals surface area contributed by atoms with Crippen molar-refractivity contribution in [3.8, 4) is 5.88 Å². The van der Waals surface area contributed by atoms with Crippen molar-refractivity contribution in [2.45, 2.75) is 63.8 Å². The minimum absolute atomic E-state index is 0.0292. The largest absolute Gasteiger partial charge is 0.481 e. The molecule has 3 atom stereocenters. The molecule has 0 aliphatic carbocycles. The van der Waals surface area contributed by atoms with E-state index in [-0.39, 0.29) is 17.7 Å². The Morgan fingerprint density at radius 1 is 1.11 bits per heavy atom. The van der Waals surface area contributed by atoms with Gasteiger partial charge < -0.3 is 29.6 Å². The third-order valence-corrected chi connectivity index (χ3v) is 7.21. The Morgan fingerprint density at radius 2 is 1.91 bits per heavy atom. The van der Waals surface area contributed by atoms with Crippen LogP contribution in [-0.2, 0) is 20.6 Å². The molecule has 2 aromatic carbocycles. The molecule has 4 rings (SSSR count). The van der Waals surface area contributed by atoms with Crippen LogP contribution >= 0.6 is 0 Å². The van der Waals surface area contributed by atoms with Crippen LogP contribution in [0.25, 0.3) is 17.0 Å². The van der Waals surface area contributed by atoms with E-state index >= 15 is 0 Å². The van der Waals surface area contributed by atoms with Crippen molar-refractivity contribution in [3.05, 3.63) is 76.9 Å². The van der Waals surface area contributed by atoms with Gasteiger partial charge in [0, 0.05) is 29.6 Å². The Balaban J connectivity index is 1.49. The van der Waals surface area contributed by atoms with Crippen molar-refractivity contribution in [1.29, 1.82) is 0 Å². The lowest BCUT2D eigenvalue weighted by Crippen LogP contribution is -2.51. The predicted molar refractivity (Wildman–Crippen MR) is 163 cm³/mol. The number of pyridine rings is 1. The van der Waals surface area contributed by atoms with Gasteiger partial charge in [-0.15, -0.1) is 0 Å². The summed E-state index contributed by atoms with van der Waals surface area (Å²) in [4.78, 5) is 30.0. The van der Waals surface area contributed by atoms with Gasteiger partial charge in [-0.25, -0.2) is 23.4 Å².